The van der Waals surface area contributed by atoms with Gasteiger partial charge in [-0.2, -0.15) is 0 Å². The summed E-state index contributed by atoms with van der Waals surface area (Å²) in [5, 5.41) is 0. The molecule has 5 aliphatic carbocycles. The van der Waals surface area contributed by atoms with Gasteiger partial charge < -0.3 is 9.47 Å². The van der Waals surface area contributed by atoms with Gasteiger partial charge in [-0.05, 0) is 83.9 Å². The lowest BCUT2D eigenvalue weighted by Gasteiger charge is -2.41. The number of esters is 1. The number of hydrogen-bond donors (Lipinski definition) is 0. The first-order chi connectivity index (χ1) is 15.6. The molecule has 0 radical (unpaired) electrons. The highest BCUT2D eigenvalue weighted by molar-refractivity contribution is 5.78. The molecule has 3 heteroatoms. The molecule has 0 saturated heterocycles. The number of fused-ring (bicyclic) bond motifs is 12. The standard InChI is InChI=1S/C29H30O3/c1-29(16-19-15-24(29)26-18-11-10-17(14-18)25(19)26)28(30)32-13-12-31-27-22-8-4-2-6-20(22)21-7-3-5-9-23(21)27/h2-11,17-19,24-27H,12-16H2,1H3. The van der Waals surface area contributed by atoms with E-state index in [-0.39, 0.29) is 17.5 Å². The van der Waals surface area contributed by atoms with Crippen LogP contribution in [0.25, 0.3) is 11.1 Å². The molecule has 3 nitrogen and oxygen atoms in total. The summed E-state index contributed by atoms with van der Waals surface area (Å²) >= 11 is 0. The highest BCUT2D eigenvalue weighted by Crippen LogP contribution is 2.70. The van der Waals surface area contributed by atoms with Gasteiger partial charge in [0, 0.05) is 0 Å². The number of benzene rings is 2. The van der Waals surface area contributed by atoms with Crippen molar-refractivity contribution in [2.75, 3.05) is 13.2 Å². The van der Waals surface area contributed by atoms with Gasteiger partial charge in [-0.25, -0.2) is 0 Å². The van der Waals surface area contributed by atoms with Crippen molar-refractivity contribution in [3.63, 3.8) is 0 Å². The average Bonchev–Trinajstić information content (AvgIpc) is 3.61. The van der Waals surface area contributed by atoms with E-state index < -0.39 is 0 Å². The van der Waals surface area contributed by atoms with Crippen LogP contribution < -0.4 is 0 Å². The van der Waals surface area contributed by atoms with Crippen molar-refractivity contribution in [1.29, 1.82) is 0 Å². The topological polar surface area (TPSA) is 35.5 Å². The van der Waals surface area contributed by atoms with Gasteiger partial charge in [0.25, 0.3) is 0 Å². The number of ether oxygens (including phenoxy) is 2. The second-order valence-corrected chi connectivity index (χ2v) is 10.9. The first-order valence-corrected chi connectivity index (χ1v) is 12.3. The van der Waals surface area contributed by atoms with Crippen molar-refractivity contribution < 1.29 is 14.3 Å². The zero-order valence-electron chi connectivity index (χ0n) is 18.6. The second-order valence-electron chi connectivity index (χ2n) is 10.9. The lowest BCUT2D eigenvalue weighted by molar-refractivity contribution is -0.162. The van der Waals surface area contributed by atoms with E-state index in [9.17, 15) is 4.79 Å². The molecule has 0 spiro atoms. The molecule has 7 atom stereocenters. The predicted octanol–water partition coefficient (Wildman–Crippen LogP) is 5.80. The Morgan fingerprint density at radius 2 is 1.56 bits per heavy atom. The molecular weight excluding hydrogens is 396 g/mol. The molecule has 5 aliphatic rings. The highest BCUT2D eigenvalue weighted by Gasteiger charge is 2.67. The summed E-state index contributed by atoms with van der Waals surface area (Å²) in [6.45, 7) is 2.92. The number of allylic oxidation sites excluding steroid dienone is 2. The zero-order chi connectivity index (χ0) is 21.4. The van der Waals surface area contributed by atoms with Gasteiger partial charge in [0.1, 0.15) is 12.7 Å². The summed E-state index contributed by atoms with van der Waals surface area (Å²) in [5.74, 6) is 4.26. The van der Waals surface area contributed by atoms with Crippen molar-refractivity contribution in [1.82, 2.24) is 0 Å². The van der Waals surface area contributed by atoms with Crippen LogP contribution in [0.15, 0.2) is 60.7 Å². The third-order valence-electron chi connectivity index (χ3n) is 9.50. The first kappa shape index (κ1) is 19.1. The van der Waals surface area contributed by atoms with E-state index in [1.165, 1.54) is 35.1 Å². The summed E-state index contributed by atoms with van der Waals surface area (Å²) in [4.78, 5) is 13.2. The monoisotopic (exact) mass is 426 g/mol. The van der Waals surface area contributed by atoms with E-state index in [2.05, 4.69) is 67.6 Å². The first-order valence-electron chi connectivity index (χ1n) is 12.3. The Bertz CT molecular complexity index is 1070. The van der Waals surface area contributed by atoms with Gasteiger partial charge >= 0.3 is 5.97 Å². The molecule has 4 bridgehead atoms. The highest BCUT2D eigenvalue weighted by atomic mass is 16.6. The molecule has 0 heterocycles. The van der Waals surface area contributed by atoms with Gasteiger partial charge in [-0.3, -0.25) is 4.79 Å². The molecule has 2 aromatic rings. The third-order valence-corrected chi connectivity index (χ3v) is 9.50. The van der Waals surface area contributed by atoms with Crippen LogP contribution in [-0.2, 0) is 14.3 Å². The van der Waals surface area contributed by atoms with E-state index in [1.807, 2.05) is 0 Å². The van der Waals surface area contributed by atoms with Crippen LogP contribution in [0, 0.1) is 40.9 Å². The van der Waals surface area contributed by atoms with E-state index in [0.29, 0.717) is 36.9 Å². The van der Waals surface area contributed by atoms with Crippen molar-refractivity contribution >= 4 is 5.97 Å². The zero-order valence-corrected chi connectivity index (χ0v) is 18.6. The molecule has 0 aromatic heterocycles. The second kappa shape index (κ2) is 6.81. The van der Waals surface area contributed by atoms with E-state index in [4.69, 9.17) is 9.47 Å². The smallest absolute Gasteiger partial charge is 0.312 e. The third kappa shape index (κ3) is 2.49. The number of carbonyl (C=O) groups excluding carboxylic acids is 1. The van der Waals surface area contributed by atoms with Crippen molar-refractivity contribution in [2.24, 2.45) is 40.9 Å². The summed E-state index contributed by atoms with van der Waals surface area (Å²) in [6, 6.07) is 16.9. The van der Waals surface area contributed by atoms with Crippen LogP contribution in [-0.4, -0.2) is 19.2 Å². The van der Waals surface area contributed by atoms with Gasteiger partial charge in [-0.15, -0.1) is 0 Å². The molecule has 0 N–H and O–H groups in total. The number of hydrogen-bond acceptors (Lipinski definition) is 3. The fourth-order valence-electron chi connectivity index (χ4n) is 8.36. The molecule has 2 aromatic carbocycles. The van der Waals surface area contributed by atoms with E-state index >= 15 is 0 Å². The quantitative estimate of drug-likeness (QED) is 0.262. The summed E-state index contributed by atoms with van der Waals surface area (Å²) < 4.78 is 12.2. The molecule has 3 fully saturated rings. The largest absolute Gasteiger partial charge is 0.463 e. The minimum Gasteiger partial charge on any atom is -0.463 e. The van der Waals surface area contributed by atoms with Crippen LogP contribution in [0.4, 0.5) is 0 Å². The summed E-state index contributed by atoms with van der Waals surface area (Å²) in [5.41, 5.74) is 4.59. The number of carbonyl (C=O) groups is 1. The van der Waals surface area contributed by atoms with Crippen LogP contribution in [0.2, 0.25) is 0 Å². The van der Waals surface area contributed by atoms with Gasteiger partial charge in [0.2, 0.25) is 0 Å². The number of rotatable bonds is 5. The predicted molar refractivity (Wildman–Crippen MR) is 123 cm³/mol. The Kier molecular flexibility index (Phi) is 4.06. The molecule has 0 aliphatic heterocycles. The Balaban J connectivity index is 1.01. The van der Waals surface area contributed by atoms with Crippen molar-refractivity contribution in [3.05, 3.63) is 71.8 Å². The molecule has 7 rings (SSSR count). The molecule has 0 amide bonds. The molecule has 7 unspecified atom stereocenters. The Morgan fingerprint density at radius 3 is 2.28 bits per heavy atom. The maximum absolute atomic E-state index is 13.2. The fraction of sp³-hybridized carbons (Fsp3) is 0.483. The molecule has 164 valence electrons. The maximum Gasteiger partial charge on any atom is 0.312 e. The maximum atomic E-state index is 13.2. The van der Waals surface area contributed by atoms with Crippen LogP contribution in [0.5, 0.6) is 0 Å². The Hall–Kier alpha value is -2.39. The van der Waals surface area contributed by atoms with Crippen LogP contribution in [0.3, 0.4) is 0 Å². The normalized spacial score (nSPS) is 37.5. The Labute approximate surface area is 189 Å². The lowest BCUT2D eigenvalue weighted by Crippen LogP contribution is -2.43. The SMILES string of the molecule is CC1(C(=O)OCCOC2c3ccccc3-c3ccccc32)CC2CC1C1C3C=CC(C3)C21. The van der Waals surface area contributed by atoms with Gasteiger partial charge in [-0.1, -0.05) is 60.7 Å². The van der Waals surface area contributed by atoms with Crippen LogP contribution >= 0.6 is 0 Å². The minimum absolute atomic E-state index is 0.00558. The van der Waals surface area contributed by atoms with Crippen molar-refractivity contribution in [2.45, 2.75) is 32.3 Å². The van der Waals surface area contributed by atoms with Gasteiger partial charge in [0.15, 0.2) is 0 Å². The summed E-state index contributed by atoms with van der Waals surface area (Å²) in [6.07, 6.45) is 8.37. The molecule has 3 saturated carbocycles. The summed E-state index contributed by atoms with van der Waals surface area (Å²) in [7, 11) is 0. The van der Waals surface area contributed by atoms with Crippen LogP contribution in [0.1, 0.15) is 43.4 Å². The van der Waals surface area contributed by atoms with Gasteiger partial charge in [0.05, 0.1) is 12.0 Å². The molecule has 32 heavy (non-hydrogen) atoms. The Morgan fingerprint density at radius 1 is 0.906 bits per heavy atom. The van der Waals surface area contributed by atoms with E-state index in [1.54, 1.807) is 0 Å². The minimum atomic E-state index is -0.309. The fourth-order valence-corrected chi connectivity index (χ4v) is 8.36. The molecular formula is C29H30O3. The average molecular weight is 427 g/mol. The lowest BCUT2D eigenvalue weighted by atomic mass is 9.63. The van der Waals surface area contributed by atoms with Crippen molar-refractivity contribution in [3.8, 4) is 11.1 Å². The van der Waals surface area contributed by atoms with E-state index in [0.717, 1.165) is 18.3 Å².